The summed E-state index contributed by atoms with van der Waals surface area (Å²) in [6.07, 6.45) is 1.69. The minimum absolute atomic E-state index is 0.178. The van der Waals surface area contributed by atoms with E-state index in [0.717, 1.165) is 28.9 Å². The Morgan fingerprint density at radius 1 is 1.17 bits per heavy atom. The molecule has 6 heteroatoms. The fraction of sp³-hybridized carbons (Fsp3) is 0.333. The van der Waals surface area contributed by atoms with Crippen molar-refractivity contribution in [1.82, 2.24) is 4.98 Å². The van der Waals surface area contributed by atoms with E-state index in [9.17, 15) is 4.79 Å². The molecule has 0 spiro atoms. The number of anilines is 3. The van der Waals surface area contributed by atoms with Gasteiger partial charge < -0.3 is 15.1 Å². The summed E-state index contributed by atoms with van der Waals surface area (Å²) in [5.41, 5.74) is 2.44. The van der Waals surface area contributed by atoms with Gasteiger partial charge in [0.2, 0.25) is 0 Å². The number of benzene rings is 1. The van der Waals surface area contributed by atoms with E-state index in [1.807, 2.05) is 43.3 Å². The van der Waals surface area contributed by atoms with Crippen molar-refractivity contribution in [3.8, 4) is 0 Å². The molecule has 2 rings (SSSR count). The van der Waals surface area contributed by atoms with Gasteiger partial charge in [-0.15, -0.1) is 0 Å². The van der Waals surface area contributed by atoms with Crippen molar-refractivity contribution >= 4 is 39.0 Å². The molecule has 2 aromatic rings. The normalized spacial score (nSPS) is 10.4. The van der Waals surface area contributed by atoms with E-state index in [-0.39, 0.29) is 5.91 Å². The van der Waals surface area contributed by atoms with Gasteiger partial charge >= 0.3 is 0 Å². The molecule has 0 radical (unpaired) electrons. The van der Waals surface area contributed by atoms with Crippen LogP contribution in [0.1, 0.15) is 24.2 Å². The van der Waals surface area contributed by atoms with Gasteiger partial charge in [0.1, 0.15) is 5.82 Å². The molecule has 0 aliphatic rings. The Morgan fingerprint density at radius 2 is 1.79 bits per heavy atom. The van der Waals surface area contributed by atoms with Crippen molar-refractivity contribution in [3.63, 3.8) is 0 Å². The molecule has 1 N–H and O–H groups in total. The van der Waals surface area contributed by atoms with Crippen molar-refractivity contribution < 1.29 is 4.79 Å². The fourth-order valence-electron chi connectivity index (χ4n) is 2.50. The monoisotopic (exact) mass is 390 g/mol. The lowest BCUT2D eigenvalue weighted by Gasteiger charge is -2.21. The van der Waals surface area contributed by atoms with E-state index in [1.165, 1.54) is 0 Å². The molecule has 24 heavy (non-hydrogen) atoms. The second-order valence-electron chi connectivity index (χ2n) is 5.59. The Labute approximate surface area is 151 Å². The molecule has 0 aliphatic carbocycles. The first-order valence-corrected chi connectivity index (χ1v) is 8.74. The number of nitrogens with one attached hydrogen (secondary N) is 1. The molecule has 0 saturated carbocycles. The molecule has 0 bridgehead atoms. The molecular weight excluding hydrogens is 368 g/mol. The van der Waals surface area contributed by atoms with Gasteiger partial charge in [-0.3, -0.25) is 4.79 Å². The lowest BCUT2D eigenvalue weighted by atomic mass is 10.2. The maximum atomic E-state index is 12.6. The summed E-state index contributed by atoms with van der Waals surface area (Å²) in [6, 6.07) is 9.67. The molecule has 1 heterocycles. The average Bonchev–Trinajstić information content (AvgIpc) is 2.57. The van der Waals surface area contributed by atoms with Gasteiger partial charge in [-0.1, -0.05) is 0 Å². The Morgan fingerprint density at radius 3 is 2.33 bits per heavy atom. The highest BCUT2D eigenvalue weighted by Crippen LogP contribution is 2.23. The number of rotatable bonds is 6. The summed E-state index contributed by atoms with van der Waals surface area (Å²) < 4.78 is 0.773. The fourth-order valence-corrected chi connectivity index (χ4v) is 2.83. The van der Waals surface area contributed by atoms with Gasteiger partial charge in [0.15, 0.2) is 0 Å². The number of pyridine rings is 1. The standard InChI is InChI=1S/C18H23BrN4O/c1-5-23(6-2)15-9-7-14(8-10-15)21-18(24)16-11-13(19)12-20-17(16)22(3)4/h7-12H,5-6H2,1-4H3,(H,21,24). The molecule has 1 aromatic carbocycles. The topological polar surface area (TPSA) is 48.5 Å². The Balaban J connectivity index is 2.20. The number of carbonyl (C=O) groups excluding carboxylic acids is 1. The van der Waals surface area contributed by atoms with Crippen LogP contribution in [0.3, 0.4) is 0 Å². The molecule has 0 aliphatic heterocycles. The summed E-state index contributed by atoms with van der Waals surface area (Å²) in [5.74, 6) is 0.457. The summed E-state index contributed by atoms with van der Waals surface area (Å²) in [7, 11) is 3.73. The zero-order valence-corrected chi connectivity index (χ0v) is 16.1. The summed E-state index contributed by atoms with van der Waals surface area (Å²) >= 11 is 3.37. The van der Waals surface area contributed by atoms with Crippen molar-refractivity contribution in [1.29, 1.82) is 0 Å². The van der Waals surface area contributed by atoms with Crippen LogP contribution in [0.2, 0.25) is 0 Å². The lowest BCUT2D eigenvalue weighted by Crippen LogP contribution is -2.22. The smallest absolute Gasteiger partial charge is 0.259 e. The number of hydrogen-bond acceptors (Lipinski definition) is 4. The van der Waals surface area contributed by atoms with Crippen molar-refractivity contribution in [3.05, 3.63) is 46.6 Å². The SMILES string of the molecule is CCN(CC)c1ccc(NC(=O)c2cc(Br)cnc2N(C)C)cc1. The van der Waals surface area contributed by atoms with Gasteiger partial charge in [0.25, 0.3) is 5.91 Å². The molecule has 0 atom stereocenters. The average molecular weight is 391 g/mol. The van der Waals surface area contributed by atoms with E-state index in [4.69, 9.17) is 0 Å². The van der Waals surface area contributed by atoms with Gasteiger partial charge in [0, 0.05) is 49.2 Å². The highest BCUT2D eigenvalue weighted by atomic mass is 79.9. The van der Waals surface area contributed by atoms with E-state index < -0.39 is 0 Å². The van der Waals surface area contributed by atoms with Crippen molar-refractivity contribution in [2.45, 2.75) is 13.8 Å². The van der Waals surface area contributed by atoms with Gasteiger partial charge in [-0.2, -0.15) is 0 Å². The zero-order chi connectivity index (χ0) is 17.7. The molecule has 0 unspecified atom stereocenters. The van der Waals surface area contributed by atoms with Gasteiger partial charge in [0.05, 0.1) is 5.56 Å². The largest absolute Gasteiger partial charge is 0.372 e. The van der Waals surface area contributed by atoms with Gasteiger partial charge in [-0.05, 0) is 60.1 Å². The van der Waals surface area contributed by atoms with Crippen LogP contribution in [0, 0.1) is 0 Å². The summed E-state index contributed by atoms with van der Waals surface area (Å²) in [5, 5.41) is 2.94. The van der Waals surface area contributed by atoms with Crippen molar-refractivity contribution in [2.24, 2.45) is 0 Å². The first kappa shape index (κ1) is 18.3. The third-order valence-electron chi connectivity index (χ3n) is 3.76. The molecule has 1 amide bonds. The Kier molecular flexibility index (Phi) is 6.20. The number of aromatic nitrogens is 1. The molecule has 0 saturated heterocycles. The lowest BCUT2D eigenvalue weighted by molar-refractivity contribution is 0.102. The summed E-state index contributed by atoms with van der Waals surface area (Å²) in [6.45, 7) is 6.17. The molecule has 1 aromatic heterocycles. The van der Waals surface area contributed by atoms with Crippen LogP contribution >= 0.6 is 15.9 Å². The second-order valence-corrected chi connectivity index (χ2v) is 6.51. The highest BCUT2D eigenvalue weighted by Gasteiger charge is 2.15. The Bertz CT molecular complexity index is 697. The second kappa shape index (κ2) is 8.15. The molecular formula is C18H23BrN4O. The predicted molar refractivity (Wildman–Crippen MR) is 104 cm³/mol. The summed E-state index contributed by atoms with van der Waals surface area (Å²) in [4.78, 5) is 21.0. The molecule has 5 nitrogen and oxygen atoms in total. The number of amides is 1. The molecule has 128 valence electrons. The third-order valence-corrected chi connectivity index (χ3v) is 4.19. The maximum Gasteiger partial charge on any atom is 0.259 e. The van der Waals surface area contributed by atoms with E-state index in [0.29, 0.717) is 11.4 Å². The minimum Gasteiger partial charge on any atom is -0.372 e. The number of halogens is 1. The number of nitrogens with zero attached hydrogens (tertiary/aromatic N) is 3. The first-order valence-electron chi connectivity index (χ1n) is 7.95. The van der Waals surface area contributed by atoms with Crippen LogP contribution in [0.25, 0.3) is 0 Å². The van der Waals surface area contributed by atoms with Crippen LogP contribution < -0.4 is 15.1 Å². The first-order chi connectivity index (χ1) is 11.5. The molecule has 0 fully saturated rings. The van der Waals surface area contributed by atoms with Crippen LogP contribution in [0.5, 0.6) is 0 Å². The van der Waals surface area contributed by atoms with Crippen LogP contribution in [0.4, 0.5) is 17.2 Å². The minimum atomic E-state index is -0.178. The third kappa shape index (κ3) is 4.26. The Hall–Kier alpha value is -2.08. The van der Waals surface area contributed by atoms with E-state index in [1.54, 1.807) is 12.3 Å². The van der Waals surface area contributed by atoms with Crippen molar-refractivity contribution in [2.75, 3.05) is 42.3 Å². The quantitative estimate of drug-likeness (QED) is 0.809. The zero-order valence-electron chi connectivity index (χ0n) is 14.5. The van der Waals surface area contributed by atoms with Crippen LogP contribution in [-0.2, 0) is 0 Å². The highest BCUT2D eigenvalue weighted by molar-refractivity contribution is 9.10. The maximum absolute atomic E-state index is 12.6. The van der Waals surface area contributed by atoms with E-state index in [2.05, 4.69) is 45.0 Å². The predicted octanol–water partition coefficient (Wildman–Crippen LogP) is 4.01. The van der Waals surface area contributed by atoms with E-state index >= 15 is 0 Å². The number of hydrogen-bond donors (Lipinski definition) is 1. The van der Waals surface area contributed by atoms with Gasteiger partial charge in [-0.25, -0.2) is 4.98 Å². The van der Waals surface area contributed by atoms with Crippen LogP contribution in [0.15, 0.2) is 41.0 Å². The van der Waals surface area contributed by atoms with Crippen LogP contribution in [-0.4, -0.2) is 38.1 Å². The number of carbonyl (C=O) groups is 1.